The van der Waals surface area contributed by atoms with E-state index in [4.69, 9.17) is 4.74 Å². The van der Waals surface area contributed by atoms with Gasteiger partial charge in [-0.3, -0.25) is 4.79 Å². The number of rotatable bonds is 11. The molecule has 0 fully saturated rings. The van der Waals surface area contributed by atoms with Gasteiger partial charge in [0.2, 0.25) is 5.91 Å². The highest BCUT2D eigenvalue weighted by atomic mass is 16.5. The first kappa shape index (κ1) is 24.6. The zero-order valence-corrected chi connectivity index (χ0v) is 21.0. The van der Waals surface area contributed by atoms with Crippen LogP contribution in [0, 0.1) is 0 Å². The van der Waals surface area contributed by atoms with Gasteiger partial charge in [0, 0.05) is 40.3 Å². The van der Waals surface area contributed by atoms with E-state index in [0.717, 1.165) is 59.1 Å². The van der Waals surface area contributed by atoms with E-state index in [0.29, 0.717) is 17.1 Å². The van der Waals surface area contributed by atoms with Gasteiger partial charge in [0.25, 0.3) is 0 Å². The molecule has 3 heterocycles. The molecule has 1 unspecified atom stereocenters. The van der Waals surface area contributed by atoms with E-state index in [1.807, 2.05) is 47.2 Å². The van der Waals surface area contributed by atoms with Crippen LogP contribution in [-0.4, -0.2) is 63.1 Å². The number of ether oxygens (including phenoxy) is 1. The Kier molecular flexibility index (Phi) is 7.60. The molecular formula is C27H35N5O3. The number of nitrogens with zero attached hydrogens (tertiary/aromatic N) is 4. The summed E-state index contributed by atoms with van der Waals surface area (Å²) in [7, 11) is 1.62. The highest BCUT2D eigenvalue weighted by Crippen LogP contribution is 2.35. The lowest BCUT2D eigenvalue weighted by Gasteiger charge is -2.20. The Morgan fingerprint density at radius 2 is 2.03 bits per heavy atom. The molecule has 8 nitrogen and oxygen atoms in total. The molecule has 2 N–H and O–H groups in total. The zero-order chi connectivity index (χ0) is 24.9. The quantitative estimate of drug-likeness (QED) is 0.310. The molecule has 0 saturated carbocycles. The maximum atomic E-state index is 12.9. The monoisotopic (exact) mass is 477 g/mol. The molecule has 4 rings (SSSR count). The van der Waals surface area contributed by atoms with Gasteiger partial charge in [-0.15, -0.1) is 0 Å². The fourth-order valence-electron chi connectivity index (χ4n) is 4.66. The minimum atomic E-state index is -0.0363. The molecule has 35 heavy (non-hydrogen) atoms. The lowest BCUT2D eigenvalue weighted by molar-refractivity contribution is -0.122. The molecule has 1 amide bonds. The number of benzene rings is 1. The van der Waals surface area contributed by atoms with Crippen molar-refractivity contribution >= 4 is 27.8 Å². The van der Waals surface area contributed by atoms with Crippen molar-refractivity contribution in [3.63, 3.8) is 0 Å². The van der Waals surface area contributed by atoms with Gasteiger partial charge in [0.1, 0.15) is 12.3 Å². The van der Waals surface area contributed by atoms with E-state index in [2.05, 4.69) is 36.0 Å². The second-order valence-corrected chi connectivity index (χ2v) is 8.95. The van der Waals surface area contributed by atoms with E-state index in [1.54, 1.807) is 13.3 Å². The first-order valence-electron chi connectivity index (χ1n) is 12.3. The molecule has 3 aromatic heterocycles. The smallest absolute Gasteiger partial charge is 0.240 e. The fraction of sp³-hybridized carbons (Fsp3) is 0.407. The maximum Gasteiger partial charge on any atom is 0.240 e. The number of carbonyl (C=O) groups is 1. The van der Waals surface area contributed by atoms with Crippen molar-refractivity contribution in [1.82, 2.24) is 24.5 Å². The van der Waals surface area contributed by atoms with Crippen molar-refractivity contribution in [2.24, 2.45) is 0 Å². The average Bonchev–Trinajstić information content (AvgIpc) is 3.38. The van der Waals surface area contributed by atoms with Crippen LogP contribution in [0.1, 0.15) is 33.6 Å². The summed E-state index contributed by atoms with van der Waals surface area (Å²) in [5.74, 6) is 0.673. The number of methoxy groups -OCH3 is 1. The summed E-state index contributed by atoms with van der Waals surface area (Å²) in [6.07, 6.45) is 5.55. The average molecular weight is 478 g/mol. The summed E-state index contributed by atoms with van der Waals surface area (Å²) in [6.45, 7) is 9.74. The topological polar surface area (TPSA) is 84.6 Å². The van der Waals surface area contributed by atoms with Gasteiger partial charge in [-0.25, -0.2) is 4.98 Å². The van der Waals surface area contributed by atoms with Gasteiger partial charge < -0.3 is 24.7 Å². The Balaban J connectivity index is 1.57. The second-order valence-electron chi connectivity index (χ2n) is 8.95. The van der Waals surface area contributed by atoms with E-state index in [-0.39, 0.29) is 18.5 Å². The van der Waals surface area contributed by atoms with Gasteiger partial charge in [0.05, 0.1) is 12.8 Å². The van der Waals surface area contributed by atoms with E-state index >= 15 is 0 Å². The third-order valence-corrected chi connectivity index (χ3v) is 6.63. The Hall–Kier alpha value is -3.52. The summed E-state index contributed by atoms with van der Waals surface area (Å²) in [5, 5.41) is 15.7. The molecule has 4 aromatic rings. The van der Waals surface area contributed by atoms with Crippen LogP contribution in [0.3, 0.4) is 0 Å². The van der Waals surface area contributed by atoms with Crippen LogP contribution >= 0.6 is 0 Å². The van der Waals surface area contributed by atoms with Crippen molar-refractivity contribution in [2.45, 2.75) is 46.2 Å². The molecule has 8 heteroatoms. The summed E-state index contributed by atoms with van der Waals surface area (Å²) in [5.41, 5.74) is 2.80. The van der Waals surface area contributed by atoms with Gasteiger partial charge in [-0.05, 0) is 75.8 Å². The normalized spacial score (nSPS) is 12.5. The summed E-state index contributed by atoms with van der Waals surface area (Å²) >= 11 is 0. The number of carbonyl (C=O) groups excluding carboxylic acids is 1. The van der Waals surface area contributed by atoms with Crippen molar-refractivity contribution in [2.75, 3.05) is 26.7 Å². The molecule has 186 valence electrons. The number of pyridine rings is 1. The Labute approximate surface area is 206 Å². The number of amides is 1. The molecule has 0 spiro atoms. The van der Waals surface area contributed by atoms with Crippen LogP contribution in [0.15, 0.2) is 48.8 Å². The number of aromatic nitrogens is 3. The highest BCUT2D eigenvalue weighted by molar-refractivity contribution is 5.99. The zero-order valence-electron chi connectivity index (χ0n) is 21.0. The lowest BCUT2D eigenvalue weighted by Crippen LogP contribution is -2.35. The predicted octanol–water partition coefficient (Wildman–Crippen LogP) is 4.53. The second kappa shape index (κ2) is 10.8. The fourth-order valence-corrected chi connectivity index (χ4v) is 4.66. The molecule has 0 aliphatic carbocycles. The van der Waals surface area contributed by atoms with Gasteiger partial charge in [-0.1, -0.05) is 13.8 Å². The number of fused-ring (bicyclic) bond motifs is 2. The van der Waals surface area contributed by atoms with Crippen LogP contribution in [0.25, 0.3) is 33.2 Å². The van der Waals surface area contributed by atoms with Crippen LogP contribution in [-0.2, 0) is 11.3 Å². The summed E-state index contributed by atoms with van der Waals surface area (Å²) in [6, 6.07) is 11.5. The van der Waals surface area contributed by atoms with Crippen molar-refractivity contribution < 1.29 is 14.7 Å². The lowest BCUT2D eigenvalue weighted by atomic mass is 10.1. The van der Waals surface area contributed by atoms with Crippen molar-refractivity contribution in [1.29, 1.82) is 0 Å². The molecule has 1 atom stereocenters. The number of hydrogen-bond acceptors (Lipinski definition) is 5. The van der Waals surface area contributed by atoms with Crippen LogP contribution in [0.4, 0.5) is 0 Å². The largest absolute Gasteiger partial charge is 0.497 e. The Bertz CT molecular complexity index is 1310. The first-order chi connectivity index (χ1) is 16.9. The van der Waals surface area contributed by atoms with Crippen LogP contribution in [0.5, 0.6) is 5.75 Å². The van der Waals surface area contributed by atoms with Crippen molar-refractivity contribution in [3.8, 4) is 17.0 Å². The Morgan fingerprint density at radius 1 is 1.23 bits per heavy atom. The highest BCUT2D eigenvalue weighted by Gasteiger charge is 2.19. The molecule has 0 saturated heterocycles. The van der Waals surface area contributed by atoms with Crippen LogP contribution in [0.2, 0.25) is 0 Å². The molecule has 0 radical (unpaired) electrons. The third kappa shape index (κ3) is 5.27. The van der Waals surface area contributed by atoms with Crippen LogP contribution < -0.4 is 10.1 Å². The predicted molar refractivity (Wildman–Crippen MR) is 139 cm³/mol. The van der Waals surface area contributed by atoms with Gasteiger partial charge in [-0.2, -0.15) is 4.73 Å². The number of nitrogens with one attached hydrogen (secondary N) is 1. The third-order valence-electron chi connectivity index (χ3n) is 6.63. The number of hydrogen-bond donors (Lipinski definition) is 2. The SMILES string of the molecule is CCN(CC)CCCC(C)NC(=O)Cn1cc(-c2cc3cccnc3n2O)c2cc(OC)ccc21. The summed E-state index contributed by atoms with van der Waals surface area (Å²) in [4.78, 5) is 19.6. The van der Waals surface area contributed by atoms with E-state index in [1.165, 1.54) is 0 Å². The van der Waals surface area contributed by atoms with E-state index < -0.39 is 0 Å². The van der Waals surface area contributed by atoms with E-state index in [9.17, 15) is 10.0 Å². The minimum Gasteiger partial charge on any atom is -0.497 e. The van der Waals surface area contributed by atoms with Crippen molar-refractivity contribution in [3.05, 3.63) is 48.8 Å². The standard InChI is InChI=1S/C27H35N5O3/c1-5-30(6-2)14-8-9-19(3)29-26(33)18-31-17-23(22-16-21(35-4)11-12-24(22)31)25-15-20-10-7-13-28-27(20)32(25)34/h7,10-13,15-17,19,34H,5-6,8-9,14,18H2,1-4H3,(H,29,33). The minimum absolute atomic E-state index is 0.0363. The molecule has 0 bridgehead atoms. The first-order valence-corrected chi connectivity index (χ1v) is 12.3. The Morgan fingerprint density at radius 3 is 2.74 bits per heavy atom. The molecule has 1 aromatic carbocycles. The molecular weight excluding hydrogens is 442 g/mol. The van der Waals surface area contributed by atoms with Gasteiger partial charge in [0.15, 0.2) is 5.65 Å². The molecule has 0 aliphatic rings. The maximum absolute atomic E-state index is 12.9. The van der Waals surface area contributed by atoms with Gasteiger partial charge >= 0.3 is 0 Å². The molecule has 0 aliphatic heterocycles. The summed E-state index contributed by atoms with van der Waals surface area (Å²) < 4.78 is 8.47.